The summed E-state index contributed by atoms with van der Waals surface area (Å²) in [5.41, 5.74) is 4.09. The molecule has 5 nitrogen and oxygen atoms in total. The number of aryl methyl sites for hydroxylation is 1. The van der Waals surface area contributed by atoms with Crippen molar-refractivity contribution in [1.82, 2.24) is 4.98 Å². The first-order chi connectivity index (χ1) is 11.9. The predicted molar refractivity (Wildman–Crippen MR) is 101 cm³/mol. The van der Waals surface area contributed by atoms with Crippen molar-refractivity contribution in [2.24, 2.45) is 0 Å². The number of carbonyl (C=O) groups excluding carboxylic acids is 2. The van der Waals surface area contributed by atoms with E-state index in [0.717, 1.165) is 22.2 Å². The molecule has 3 aromatic rings. The van der Waals surface area contributed by atoms with Gasteiger partial charge < -0.3 is 15.6 Å². The van der Waals surface area contributed by atoms with Gasteiger partial charge in [0.15, 0.2) is 0 Å². The first-order valence-corrected chi connectivity index (χ1v) is 8.24. The number of aromatic amines is 1. The molecule has 0 unspecified atom stereocenters. The number of rotatable bonds is 4. The van der Waals surface area contributed by atoms with Gasteiger partial charge in [0.25, 0.3) is 0 Å². The highest BCUT2D eigenvalue weighted by atomic mass is 35.5. The lowest BCUT2D eigenvalue weighted by molar-refractivity contribution is -0.115. The van der Waals surface area contributed by atoms with Crippen LogP contribution in [0.15, 0.2) is 42.5 Å². The molecule has 0 spiro atoms. The van der Waals surface area contributed by atoms with Crippen LogP contribution in [0.5, 0.6) is 0 Å². The zero-order valence-electron chi connectivity index (χ0n) is 13.9. The van der Waals surface area contributed by atoms with Crippen molar-refractivity contribution in [1.29, 1.82) is 0 Å². The van der Waals surface area contributed by atoms with Gasteiger partial charge in [-0.25, -0.2) is 0 Å². The average molecular weight is 356 g/mol. The molecule has 0 radical (unpaired) electrons. The average Bonchev–Trinajstić information content (AvgIpc) is 2.82. The molecule has 6 heteroatoms. The fourth-order valence-corrected chi connectivity index (χ4v) is 3.00. The molecular weight excluding hydrogens is 338 g/mol. The number of carbonyl (C=O) groups is 2. The molecule has 0 fully saturated rings. The highest BCUT2D eigenvalue weighted by Gasteiger charge is 2.13. The van der Waals surface area contributed by atoms with Crippen LogP contribution in [0.3, 0.4) is 0 Å². The summed E-state index contributed by atoms with van der Waals surface area (Å²) in [6.07, 6.45) is 0.233. The van der Waals surface area contributed by atoms with Crippen molar-refractivity contribution in [3.05, 3.63) is 58.7 Å². The van der Waals surface area contributed by atoms with E-state index in [1.807, 2.05) is 25.1 Å². The Hall–Kier alpha value is -2.79. The molecule has 3 rings (SSSR count). The Balaban J connectivity index is 1.78. The smallest absolute Gasteiger partial charge is 0.228 e. The van der Waals surface area contributed by atoms with E-state index in [1.54, 1.807) is 24.3 Å². The van der Waals surface area contributed by atoms with E-state index < -0.39 is 0 Å². The molecule has 0 saturated heterocycles. The Labute approximate surface area is 150 Å². The maximum atomic E-state index is 12.4. The molecule has 25 heavy (non-hydrogen) atoms. The Morgan fingerprint density at radius 2 is 1.80 bits per heavy atom. The molecule has 0 atom stereocenters. The predicted octanol–water partition coefficient (Wildman–Crippen LogP) is 4.27. The summed E-state index contributed by atoms with van der Waals surface area (Å²) in [7, 11) is 0. The van der Waals surface area contributed by atoms with E-state index in [0.29, 0.717) is 16.4 Å². The number of hydrogen-bond donors (Lipinski definition) is 3. The van der Waals surface area contributed by atoms with Crippen LogP contribution in [0.1, 0.15) is 18.2 Å². The molecule has 1 heterocycles. The number of halogens is 1. The molecule has 1 aromatic heterocycles. The lowest BCUT2D eigenvalue weighted by Crippen LogP contribution is -2.15. The minimum absolute atomic E-state index is 0.135. The van der Waals surface area contributed by atoms with Gasteiger partial charge in [0.1, 0.15) is 0 Å². The number of amides is 2. The minimum atomic E-state index is -0.158. The van der Waals surface area contributed by atoms with Gasteiger partial charge in [-0.15, -0.1) is 0 Å². The molecule has 0 aliphatic heterocycles. The van der Waals surface area contributed by atoms with Crippen LogP contribution in [-0.2, 0) is 16.0 Å². The van der Waals surface area contributed by atoms with Crippen LogP contribution in [0.4, 0.5) is 11.4 Å². The summed E-state index contributed by atoms with van der Waals surface area (Å²) in [5.74, 6) is -0.293. The highest BCUT2D eigenvalue weighted by Crippen LogP contribution is 2.26. The molecule has 0 aliphatic rings. The third-order valence-electron chi connectivity index (χ3n) is 3.89. The number of H-pyrrole nitrogens is 1. The summed E-state index contributed by atoms with van der Waals surface area (Å²) in [5, 5.41) is 7.14. The van der Waals surface area contributed by atoms with Crippen LogP contribution in [0.25, 0.3) is 10.9 Å². The molecular formula is C19H18ClN3O2. The highest BCUT2D eigenvalue weighted by molar-refractivity contribution is 6.31. The zero-order valence-corrected chi connectivity index (χ0v) is 14.7. The zero-order chi connectivity index (χ0) is 18.0. The summed E-state index contributed by atoms with van der Waals surface area (Å²) in [6.45, 7) is 3.38. The maximum absolute atomic E-state index is 12.4. The van der Waals surface area contributed by atoms with Gasteiger partial charge in [0.2, 0.25) is 11.8 Å². The van der Waals surface area contributed by atoms with Crippen molar-refractivity contribution in [3.8, 4) is 0 Å². The van der Waals surface area contributed by atoms with E-state index >= 15 is 0 Å². The second-order valence-electron chi connectivity index (χ2n) is 5.91. The van der Waals surface area contributed by atoms with Crippen molar-refractivity contribution in [3.63, 3.8) is 0 Å². The van der Waals surface area contributed by atoms with Crippen LogP contribution < -0.4 is 10.6 Å². The van der Waals surface area contributed by atoms with Gasteiger partial charge >= 0.3 is 0 Å². The molecule has 0 saturated carbocycles. The second kappa shape index (κ2) is 6.99. The van der Waals surface area contributed by atoms with Crippen LogP contribution in [0.2, 0.25) is 5.02 Å². The fraction of sp³-hybridized carbons (Fsp3) is 0.158. The minimum Gasteiger partial charge on any atom is -0.358 e. The third kappa shape index (κ3) is 4.00. The van der Waals surface area contributed by atoms with Crippen LogP contribution in [0, 0.1) is 6.92 Å². The Kier molecular flexibility index (Phi) is 4.76. The standard InChI is InChI=1S/C19H18ClN3O2/c1-11-16(17-8-13(20)6-7-18(17)21-11)10-19(25)23-15-5-3-4-14(9-15)22-12(2)24/h3-9,21H,10H2,1-2H3,(H,22,24)(H,23,25). The monoisotopic (exact) mass is 355 g/mol. The third-order valence-corrected chi connectivity index (χ3v) is 4.12. The van der Waals surface area contributed by atoms with Gasteiger partial charge in [-0.2, -0.15) is 0 Å². The summed E-state index contributed by atoms with van der Waals surface area (Å²) in [4.78, 5) is 26.9. The first-order valence-electron chi connectivity index (χ1n) is 7.86. The lowest BCUT2D eigenvalue weighted by Gasteiger charge is -2.08. The molecule has 3 N–H and O–H groups in total. The Morgan fingerprint density at radius 3 is 2.52 bits per heavy atom. The molecule has 0 aliphatic carbocycles. The number of fused-ring (bicyclic) bond motifs is 1. The van der Waals surface area contributed by atoms with Crippen LogP contribution >= 0.6 is 11.6 Å². The number of nitrogens with one attached hydrogen (secondary N) is 3. The van der Waals surface area contributed by atoms with Crippen molar-refractivity contribution >= 4 is 45.7 Å². The van der Waals surface area contributed by atoms with Crippen molar-refractivity contribution < 1.29 is 9.59 Å². The molecule has 128 valence electrons. The second-order valence-corrected chi connectivity index (χ2v) is 6.34. The molecule has 2 aromatic carbocycles. The van der Waals surface area contributed by atoms with E-state index in [2.05, 4.69) is 15.6 Å². The molecule has 2 amide bonds. The van der Waals surface area contributed by atoms with Gasteiger partial charge in [-0.05, 0) is 48.9 Å². The SMILES string of the molecule is CC(=O)Nc1cccc(NC(=O)Cc2c(C)[nH]c3ccc(Cl)cc23)c1. The Morgan fingerprint density at radius 1 is 1.08 bits per heavy atom. The number of hydrogen-bond acceptors (Lipinski definition) is 2. The van der Waals surface area contributed by atoms with Crippen molar-refractivity contribution in [2.45, 2.75) is 20.3 Å². The first kappa shape index (κ1) is 17.0. The topological polar surface area (TPSA) is 74.0 Å². The van der Waals surface area contributed by atoms with Crippen LogP contribution in [-0.4, -0.2) is 16.8 Å². The van der Waals surface area contributed by atoms with Gasteiger partial charge in [0, 0.05) is 39.9 Å². The van der Waals surface area contributed by atoms with Gasteiger partial charge in [0.05, 0.1) is 6.42 Å². The summed E-state index contributed by atoms with van der Waals surface area (Å²) < 4.78 is 0. The van der Waals surface area contributed by atoms with E-state index in [-0.39, 0.29) is 18.2 Å². The summed E-state index contributed by atoms with van der Waals surface area (Å²) in [6, 6.07) is 12.6. The maximum Gasteiger partial charge on any atom is 0.228 e. The summed E-state index contributed by atoms with van der Waals surface area (Å²) >= 11 is 6.08. The Bertz CT molecular complexity index is 962. The van der Waals surface area contributed by atoms with E-state index in [4.69, 9.17) is 11.6 Å². The number of aromatic nitrogens is 1. The van der Waals surface area contributed by atoms with Gasteiger partial charge in [-0.3, -0.25) is 9.59 Å². The van der Waals surface area contributed by atoms with E-state index in [1.165, 1.54) is 6.92 Å². The quantitative estimate of drug-likeness (QED) is 0.653. The normalized spacial score (nSPS) is 10.7. The number of benzene rings is 2. The fourth-order valence-electron chi connectivity index (χ4n) is 2.83. The molecule has 0 bridgehead atoms. The lowest BCUT2D eigenvalue weighted by atomic mass is 10.1. The largest absolute Gasteiger partial charge is 0.358 e. The van der Waals surface area contributed by atoms with E-state index in [9.17, 15) is 9.59 Å². The number of anilines is 2. The van der Waals surface area contributed by atoms with Gasteiger partial charge in [-0.1, -0.05) is 17.7 Å². The van der Waals surface area contributed by atoms with Crippen molar-refractivity contribution in [2.75, 3.05) is 10.6 Å².